The maximum absolute atomic E-state index is 11.6. The van der Waals surface area contributed by atoms with Gasteiger partial charge < -0.3 is 15.5 Å². The monoisotopic (exact) mass is 257 g/mol. The SMILES string of the molecule is O=C(O)CCCCCNC(=O)c1ccccc1[O-].[Li+]. The van der Waals surface area contributed by atoms with E-state index in [1.54, 1.807) is 12.1 Å². The molecule has 0 bridgehead atoms. The van der Waals surface area contributed by atoms with Crippen molar-refractivity contribution in [1.29, 1.82) is 0 Å². The van der Waals surface area contributed by atoms with E-state index in [1.807, 2.05) is 0 Å². The Kier molecular flexibility index (Phi) is 8.76. The predicted octanol–water partition coefficient (Wildman–Crippen LogP) is -1.86. The summed E-state index contributed by atoms with van der Waals surface area (Å²) in [4.78, 5) is 21.9. The van der Waals surface area contributed by atoms with Crippen molar-refractivity contribution < 1.29 is 38.7 Å². The number of rotatable bonds is 7. The molecule has 1 rings (SSSR count). The molecule has 98 valence electrons. The van der Waals surface area contributed by atoms with E-state index in [2.05, 4.69) is 5.32 Å². The molecule has 0 aromatic heterocycles. The summed E-state index contributed by atoms with van der Waals surface area (Å²) in [5.74, 6) is -1.47. The average molecular weight is 257 g/mol. The number of amides is 1. The fraction of sp³-hybridized carbons (Fsp3) is 0.385. The number of hydrogen-bond donors (Lipinski definition) is 2. The number of para-hydroxylation sites is 1. The van der Waals surface area contributed by atoms with Crippen molar-refractivity contribution in [2.75, 3.05) is 6.54 Å². The van der Waals surface area contributed by atoms with Gasteiger partial charge >= 0.3 is 24.8 Å². The summed E-state index contributed by atoms with van der Waals surface area (Å²) in [5.41, 5.74) is 0.142. The summed E-state index contributed by atoms with van der Waals surface area (Å²) >= 11 is 0. The molecule has 5 nitrogen and oxygen atoms in total. The molecular formula is C13H16LiNO4. The number of unbranched alkanes of at least 4 members (excludes halogenated alkanes) is 2. The van der Waals surface area contributed by atoms with Gasteiger partial charge in [-0.2, -0.15) is 0 Å². The second-order valence-electron chi connectivity index (χ2n) is 3.96. The van der Waals surface area contributed by atoms with E-state index in [0.717, 1.165) is 6.42 Å². The Bertz CT molecular complexity index is 423. The quantitative estimate of drug-likeness (QED) is 0.443. The minimum absolute atomic E-state index is 0. The molecule has 0 aliphatic rings. The predicted molar refractivity (Wildman–Crippen MR) is 64.3 cm³/mol. The maximum atomic E-state index is 11.6. The van der Waals surface area contributed by atoms with Crippen molar-refractivity contribution in [1.82, 2.24) is 5.32 Å². The van der Waals surface area contributed by atoms with E-state index in [-0.39, 0.29) is 42.5 Å². The maximum Gasteiger partial charge on any atom is 1.00 e. The molecule has 0 unspecified atom stereocenters. The normalized spacial score (nSPS) is 9.47. The minimum atomic E-state index is -0.806. The zero-order valence-corrected chi connectivity index (χ0v) is 11.0. The van der Waals surface area contributed by atoms with Crippen LogP contribution in [-0.4, -0.2) is 23.5 Å². The van der Waals surface area contributed by atoms with E-state index in [0.29, 0.717) is 19.4 Å². The summed E-state index contributed by atoms with van der Waals surface area (Å²) in [6.07, 6.45) is 2.20. The summed E-state index contributed by atoms with van der Waals surface area (Å²) in [6.45, 7) is 0.451. The van der Waals surface area contributed by atoms with Gasteiger partial charge in [0.1, 0.15) is 0 Å². The van der Waals surface area contributed by atoms with Gasteiger partial charge in [0.2, 0.25) is 0 Å². The molecular weight excluding hydrogens is 241 g/mol. The third kappa shape index (κ3) is 6.90. The molecule has 6 heteroatoms. The minimum Gasteiger partial charge on any atom is -0.872 e. The van der Waals surface area contributed by atoms with Crippen molar-refractivity contribution in [3.8, 4) is 5.75 Å². The van der Waals surface area contributed by atoms with Crippen molar-refractivity contribution in [2.24, 2.45) is 0 Å². The Labute approximate surface area is 124 Å². The number of hydrogen-bond acceptors (Lipinski definition) is 3. The number of aliphatic carboxylic acids is 1. The van der Waals surface area contributed by atoms with Crippen molar-refractivity contribution in [2.45, 2.75) is 25.7 Å². The third-order valence-corrected chi connectivity index (χ3v) is 2.48. The zero-order chi connectivity index (χ0) is 13.4. The standard InChI is InChI=1S/C13H17NO4.Li/c15-11-7-4-3-6-10(11)13(18)14-9-5-1-2-8-12(16)17;/h3-4,6-7,15H,1-2,5,8-9H2,(H,14,18)(H,16,17);/q;+1/p-1. The van der Waals surface area contributed by atoms with Gasteiger partial charge in [-0.05, 0) is 12.8 Å². The summed E-state index contributed by atoms with van der Waals surface area (Å²) < 4.78 is 0. The number of carbonyl (C=O) groups excluding carboxylic acids is 1. The van der Waals surface area contributed by atoms with Crippen molar-refractivity contribution in [3.63, 3.8) is 0 Å². The molecule has 2 N–H and O–H groups in total. The van der Waals surface area contributed by atoms with Crippen LogP contribution in [0.3, 0.4) is 0 Å². The molecule has 0 radical (unpaired) electrons. The number of nitrogens with one attached hydrogen (secondary N) is 1. The Morgan fingerprint density at radius 2 is 1.84 bits per heavy atom. The van der Waals surface area contributed by atoms with E-state index >= 15 is 0 Å². The van der Waals surface area contributed by atoms with Crippen LogP contribution in [0.1, 0.15) is 36.0 Å². The summed E-state index contributed by atoms with van der Waals surface area (Å²) in [5, 5.41) is 22.4. The molecule has 0 heterocycles. The Morgan fingerprint density at radius 1 is 1.16 bits per heavy atom. The molecule has 0 fully saturated rings. The van der Waals surface area contributed by atoms with Crippen LogP contribution in [0.2, 0.25) is 0 Å². The molecule has 0 aliphatic heterocycles. The van der Waals surface area contributed by atoms with Crippen LogP contribution in [0.4, 0.5) is 0 Å². The first-order valence-corrected chi connectivity index (χ1v) is 5.87. The van der Waals surface area contributed by atoms with Crippen LogP contribution in [0.15, 0.2) is 24.3 Å². The van der Waals surface area contributed by atoms with Crippen LogP contribution in [0.5, 0.6) is 5.75 Å². The second-order valence-corrected chi connectivity index (χ2v) is 3.96. The molecule has 0 saturated carbocycles. The van der Waals surface area contributed by atoms with E-state index < -0.39 is 5.97 Å². The van der Waals surface area contributed by atoms with E-state index in [1.165, 1.54) is 12.1 Å². The second kappa shape index (κ2) is 9.48. The molecule has 1 aromatic rings. The Balaban J connectivity index is 0.00000324. The van der Waals surface area contributed by atoms with Crippen molar-refractivity contribution in [3.05, 3.63) is 29.8 Å². The van der Waals surface area contributed by atoms with Crippen LogP contribution in [0, 0.1) is 0 Å². The number of carbonyl (C=O) groups is 2. The van der Waals surface area contributed by atoms with Gasteiger partial charge in [-0.3, -0.25) is 9.59 Å². The first-order valence-electron chi connectivity index (χ1n) is 5.87. The van der Waals surface area contributed by atoms with Crippen LogP contribution < -0.4 is 29.3 Å². The first-order chi connectivity index (χ1) is 8.61. The molecule has 0 aliphatic carbocycles. The summed E-state index contributed by atoms with van der Waals surface area (Å²) in [6, 6.07) is 6.07. The molecule has 1 amide bonds. The van der Waals surface area contributed by atoms with Gasteiger partial charge in [-0.15, -0.1) is 0 Å². The zero-order valence-electron chi connectivity index (χ0n) is 11.0. The van der Waals surface area contributed by atoms with Gasteiger partial charge in [-0.1, -0.05) is 36.4 Å². The molecule has 0 atom stereocenters. The van der Waals surface area contributed by atoms with Gasteiger partial charge in [0, 0.05) is 18.5 Å². The van der Waals surface area contributed by atoms with E-state index in [9.17, 15) is 14.7 Å². The fourth-order valence-electron chi connectivity index (χ4n) is 1.53. The van der Waals surface area contributed by atoms with Crippen LogP contribution in [0.25, 0.3) is 0 Å². The topological polar surface area (TPSA) is 89.5 Å². The van der Waals surface area contributed by atoms with Gasteiger partial charge in [0.05, 0.1) is 0 Å². The van der Waals surface area contributed by atoms with Crippen molar-refractivity contribution >= 4 is 11.9 Å². The van der Waals surface area contributed by atoms with Gasteiger partial charge in [0.25, 0.3) is 5.91 Å². The molecule has 0 spiro atoms. The van der Waals surface area contributed by atoms with Gasteiger partial charge in [0.15, 0.2) is 0 Å². The number of carboxylic acids is 1. The fourth-order valence-corrected chi connectivity index (χ4v) is 1.53. The number of carboxylic acid groups (broad SMARTS) is 1. The first kappa shape index (κ1) is 17.6. The Morgan fingerprint density at radius 3 is 2.47 bits per heavy atom. The van der Waals surface area contributed by atoms with Crippen LogP contribution >= 0.6 is 0 Å². The van der Waals surface area contributed by atoms with Gasteiger partial charge in [-0.25, -0.2) is 0 Å². The smallest absolute Gasteiger partial charge is 0.872 e. The Hall–Kier alpha value is -1.44. The third-order valence-electron chi connectivity index (χ3n) is 2.48. The summed E-state index contributed by atoms with van der Waals surface area (Å²) in [7, 11) is 0. The largest absolute Gasteiger partial charge is 1.00 e. The number of benzene rings is 1. The molecule has 0 saturated heterocycles. The van der Waals surface area contributed by atoms with Crippen LogP contribution in [-0.2, 0) is 4.79 Å². The molecule has 19 heavy (non-hydrogen) atoms. The average Bonchev–Trinajstić information content (AvgIpc) is 2.33. The molecule has 1 aromatic carbocycles. The van der Waals surface area contributed by atoms with E-state index in [4.69, 9.17) is 5.11 Å².